The molecule has 2 aliphatic rings. The van der Waals surface area contributed by atoms with Crippen LogP contribution < -0.4 is 0 Å². The van der Waals surface area contributed by atoms with Crippen LogP contribution in [0.25, 0.3) is 0 Å². The first-order valence-electron chi connectivity index (χ1n) is 7.30. The Morgan fingerprint density at radius 3 is 2.44 bits per heavy atom. The molecule has 0 amide bonds. The summed E-state index contributed by atoms with van der Waals surface area (Å²) in [5, 5.41) is 0. The van der Waals surface area contributed by atoms with Crippen molar-refractivity contribution in [1.29, 1.82) is 0 Å². The molecule has 0 radical (unpaired) electrons. The Hall–Kier alpha value is -0.260. The van der Waals surface area contributed by atoms with Crippen molar-refractivity contribution in [1.82, 2.24) is 0 Å². The maximum absolute atomic E-state index is 2.50. The normalized spacial score (nSPS) is 31.1. The van der Waals surface area contributed by atoms with Crippen LogP contribution in [0.4, 0.5) is 0 Å². The minimum Gasteiger partial charge on any atom is -0.0658 e. The molecule has 0 aromatic rings. The van der Waals surface area contributed by atoms with Gasteiger partial charge in [0.1, 0.15) is 0 Å². The predicted octanol–water partition coefficient (Wildman–Crippen LogP) is 5.05. The molecule has 0 saturated heterocycles. The highest BCUT2D eigenvalue weighted by Gasteiger charge is 2.53. The van der Waals surface area contributed by atoms with Crippen LogP contribution in [0.5, 0.6) is 0 Å². The van der Waals surface area contributed by atoms with E-state index in [1.165, 1.54) is 25.7 Å². The maximum Gasteiger partial charge on any atom is -0.00942 e. The Balaban J connectivity index is 1.92. The molecule has 0 N–H and O–H groups in total. The Labute approximate surface area is 102 Å². The van der Waals surface area contributed by atoms with Gasteiger partial charge in [-0.3, -0.25) is 0 Å². The van der Waals surface area contributed by atoms with Crippen molar-refractivity contribution in [3.63, 3.8) is 0 Å². The van der Waals surface area contributed by atoms with Gasteiger partial charge in [0.2, 0.25) is 0 Å². The van der Waals surface area contributed by atoms with Gasteiger partial charge in [-0.1, -0.05) is 65.0 Å². The highest BCUT2D eigenvalue weighted by atomic mass is 14.6. The first-order valence-corrected chi connectivity index (χ1v) is 7.30. The smallest absolute Gasteiger partial charge is 0.00942 e. The van der Waals surface area contributed by atoms with Crippen molar-refractivity contribution in [3.05, 3.63) is 11.1 Å². The molecule has 0 heterocycles. The van der Waals surface area contributed by atoms with Gasteiger partial charge in [-0.2, -0.15) is 0 Å². The SMILES string of the molecule is CCCCC(C)C(C)C1C(C(C)C)=C2CC21. The van der Waals surface area contributed by atoms with Crippen LogP contribution in [0.2, 0.25) is 0 Å². The summed E-state index contributed by atoms with van der Waals surface area (Å²) in [4.78, 5) is 0. The van der Waals surface area contributed by atoms with Gasteiger partial charge in [-0.15, -0.1) is 0 Å². The molecule has 0 heteroatoms. The molecule has 92 valence electrons. The van der Waals surface area contributed by atoms with E-state index < -0.39 is 0 Å². The molecule has 0 aromatic carbocycles. The first-order chi connectivity index (χ1) is 7.57. The molecule has 1 saturated carbocycles. The summed E-state index contributed by atoms with van der Waals surface area (Å²) in [5.74, 6) is 4.62. The van der Waals surface area contributed by atoms with Crippen LogP contribution in [-0.2, 0) is 0 Å². The summed E-state index contributed by atoms with van der Waals surface area (Å²) in [7, 11) is 0. The molecule has 0 nitrogen and oxygen atoms in total. The minimum atomic E-state index is 0.805. The lowest BCUT2D eigenvalue weighted by Crippen LogP contribution is -2.29. The van der Waals surface area contributed by atoms with Crippen LogP contribution in [0.3, 0.4) is 0 Å². The molecule has 0 spiro atoms. The summed E-state index contributed by atoms with van der Waals surface area (Å²) in [6.07, 6.45) is 5.64. The van der Waals surface area contributed by atoms with E-state index in [1.54, 1.807) is 0 Å². The third kappa shape index (κ3) is 1.96. The molecule has 2 rings (SSSR count). The molecule has 4 unspecified atom stereocenters. The molecular weight excluding hydrogens is 192 g/mol. The monoisotopic (exact) mass is 220 g/mol. The number of hydrogen-bond donors (Lipinski definition) is 0. The van der Waals surface area contributed by atoms with Crippen molar-refractivity contribution < 1.29 is 0 Å². The maximum atomic E-state index is 2.50. The summed E-state index contributed by atoms with van der Waals surface area (Å²) in [6.45, 7) is 12.0. The Kier molecular flexibility index (Phi) is 3.47. The molecule has 2 aliphatic carbocycles. The van der Waals surface area contributed by atoms with E-state index in [-0.39, 0.29) is 0 Å². The molecule has 0 aromatic heterocycles. The van der Waals surface area contributed by atoms with Crippen molar-refractivity contribution in [2.24, 2.45) is 29.6 Å². The Bertz CT molecular complexity index is 284. The number of rotatable bonds is 6. The van der Waals surface area contributed by atoms with Gasteiger partial charge in [0.15, 0.2) is 0 Å². The van der Waals surface area contributed by atoms with Crippen LogP contribution in [0, 0.1) is 29.6 Å². The lowest BCUT2D eigenvalue weighted by Gasteiger charge is -2.37. The number of hydrogen-bond acceptors (Lipinski definition) is 0. The van der Waals surface area contributed by atoms with Gasteiger partial charge >= 0.3 is 0 Å². The average Bonchev–Trinajstić information content (AvgIpc) is 2.87. The van der Waals surface area contributed by atoms with Gasteiger partial charge < -0.3 is 0 Å². The van der Waals surface area contributed by atoms with Crippen molar-refractivity contribution in [2.45, 2.75) is 60.3 Å². The van der Waals surface area contributed by atoms with Crippen LogP contribution >= 0.6 is 0 Å². The zero-order valence-electron chi connectivity index (χ0n) is 11.7. The second kappa shape index (κ2) is 4.55. The van der Waals surface area contributed by atoms with E-state index in [0.29, 0.717) is 0 Å². The predicted molar refractivity (Wildman–Crippen MR) is 71.3 cm³/mol. The topological polar surface area (TPSA) is 0 Å². The number of fused-ring (bicyclic) bond motifs is 1. The summed E-state index contributed by atoms with van der Waals surface area (Å²) < 4.78 is 0. The van der Waals surface area contributed by atoms with E-state index in [4.69, 9.17) is 0 Å². The number of unbranched alkanes of at least 4 members (excludes halogenated alkanes) is 1. The standard InChI is InChI=1S/C16H28/c1-6-7-8-11(4)12(5)16-14-9-13(14)15(16)10(2)3/h10-12,14,16H,6-9H2,1-5H3. The summed E-state index contributed by atoms with van der Waals surface area (Å²) in [6, 6.07) is 0. The van der Waals surface area contributed by atoms with E-state index in [2.05, 4.69) is 34.6 Å². The lowest BCUT2D eigenvalue weighted by atomic mass is 9.67. The fourth-order valence-electron chi connectivity index (χ4n) is 3.74. The van der Waals surface area contributed by atoms with Gasteiger partial charge in [0, 0.05) is 0 Å². The van der Waals surface area contributed by atoms with Crippen molar-refractivity contribution >= 4 is 0 Å². The highest BCUT2D eigenvalue weighted by molar-refractivity contribution is 5.46. The molecule has 0 bridgehead atoms. The molecule has 0 aliphatic heterocycles. The summed E-state index contributed by atoms with van der Waals surface area (Å²) in [5.41, 5.74) is 3.69. The third-order valence-electron chi connectivity index (χ3n) is 4.99. The Morgan fingerprint density at radius 1 is 1.19 bits per heavy atom. The molecule has 4 atom stereocenters. The van der Waals surface area contributed by atoms with E-state index in [1.807, 2.05) is 11.1 Å². The zero-order chi connectivity index (χ0) is 11.9. The fraction of sp³-hybridized carbons (Fsp3) is 0.875. The van der Waals surface area contributed by atoms with Crippen molar-refractivity contribution in [3.8, 4) is 0 Å². The van der Waals surface area contributed by atoms with Gasteiger partial charge in [-0.05, 0) is 36.0 Å². The van der Waals surface area contributed by atoms with Crippen LogP contribution in [0.15, 0.2) is 11.1 Å². The molecule has 16 heavy (non-hydrogen) atoms. The fourth-order valence-corrected chi connectivity index (χ4v) is 3.74. The van der Waals surface area contributed by atoms with Crippen LogP contribution in [0.1, 0.15) is 60.3 Å². The zero-order valence-corrected chi connectivity index (χ0v) is 11.7. The first kappa shape index (κ1) is 12.2. The van der Waals surface area contributed by atoms with Gasteiger partial charge in [0.25, 0.3) is 0 Å². The van der Waals surface area contributed by atoms with E-state index >= 15 is 0 Å². The van der Waals surface area contributed by atoms with E-state index in [0.717, 1.165) is 29.6 Å². The second-order valence-electron chi connectivity index (χ2n) is 6.45. The lowest BCUT2D eigenvalue weighted by molar-refractivity contribution is 0.231. The molecular formula is C16H28. The minimum absolute atomic E-state index is 0.805. The van der Waals surface area contributed by atoms with Crippen molar-refractivity contribution in [2.75, 3.05) is 0 Å². The average molecular weight is 220 g/mol. The third-order valence-corrected chi connectivity index (χ3v) is 4.99. The largest absolute Gasteiger partial charge is 0.0658 e. The van der Waals surface area contributed by atoms with Gasteiger partial charge in [-0.25, -0.2) is 0 Å². The Morgan fingerprint density at radius 2 is 1.88 bits per heavy atom. The van der Waals surface area contributed by atoms with Crippen LogP contribution in [-0.4, -0.2) is 0 Å². The quantitative estimate of drug-likeness (QED) is 0.549. The highest BCUT2D eigenvalue weighted by Crippen LogP contribution is 2.64. The molecule has 1 fully saturated rings. The van der Waals surface area contributed by atoms with E-state index in [9.17, 15) is 0 Å². The number of allylic oxidation sites excluding steroid dienone is 2. The van der Waals surface area contributed by atoms with Gasteiger partial charge in [0.05, 0.1) is 0 Å². The second-order valence-corrected chi connectivity index (χ2v) is 6.45. The summed E-state index contributed by atoms with van der Waals surface area (Å²) >= 11 is 0.